The molecule has 0 unspecified atom stereocenters. The van der Waals surface area contributed by atoms with Crippen LogP contribution >= 0.6 is 0 Å². The van der Waals surface area contributed by atoms with Gasteiger partial charge in [0.05, 0.1) is 0 Å². The van der Waals surface area contributed by atoms with Crippen LogP contribution in [0.2, 0.25) is 0 Å². The first-order valence-corrected chi connectivity index (χ1v) is 9.05. The van der Waals surface area contributed by atoms with Gasteiger partial charge in [0, 0.05) is 28.4 Å². The number of rotatable bonds is 4. The molecule has 0 bridgehead atoms. The molecule has 0 atom stereocenters. The van der Waals surface area contributed by atoms with Crippen LogP contribution in [0, 0.1) is 5.92 Å². The number of benzene rings is 2. The van der Waals surface area contributed by atoms with Crippen LogP contribution in [0.1, 0.15) is 32.1 Å². The molecule has 3 heteroatoms. The lowest BCUT2D eigenvalue weighted by atomic mass is 9.89. The van der Waals surface area contributed by atoms with E-state index in [0.717, 1.165) is 17.6 Å². The smallest absolute Gasteiger partial charge is 0.239 e. The Hall–Kier alpha value is -2.29. The first-order valence-electron chi connectivity index (χ1n) is 9.05. The van der Waals surface area contributed by atoms with E-state index in [4.69, 9.17) is 0 Å². The molecular formula is C21H24N2O. The van der Waals surface area contributed by atoms with E-state index >= 15 is 0 Å². The Balaban J connectivity index is 1.55. The molecule has 3 nitrogen and oxygen atoms in total. The topological polar surface area (TPSA) is 34.0 Å². The van der Waals surface area contributed by atoms with Crippen molar-refractivity contribution >= 4 is 27.7 Å². The molecule has 1 N–H and O–H groups in total. The maximum Gasteiger partial charge on any atom is 0.239 e. The summed E-state index contributed by atoms with van der Waals surface area (Å²) < 4.78 is 2.14. The van der Waals surface area contributed by atoms with Crippen LogP contribution in [-0.4, -0.2) is 17.0 Å². The van der Waals surface area contributed by atoms with Crippen LogP contribution < -0.4 is 5.32 Å². The second kappa shape index (κ2) is 6.68. The van der Waals surface area contributed by atoms with Gasteiger partial charge in [-0.05, 0) is 30.9 Å². The Morgan fingerprint density at radius 3 is 2.12 bits per heavy atom. The quantitative estimate of drug-likeness (QED) is 0.755. The zero-order valence-electron chi connectivity index (χ0n) is 14.0. The fourth-order valence-corrected chi connectivity index (χ4v) is 4.02. The molecule has 124 valence electrons. The highest BCUT2D eigenvalue weighted by atomic mass is 16.1. The summed E-state index contributed by atoms with van der Waals surface area (Å²) in [6, 6.07) is 16.7. The molecule has 1 aromatic heterocycles. The van der Waals surface area contributed by atoms with Crippen LogP contribution in [0.4, 0.5) is 0 Å². The van der Waals surface area contributed by atoms with Crippen LogP contribution in [-0.2, 0) is 11.3 Å². The highest BCUT2D eigenvalue weighted by molar-refractivity contribution is 6.08. The molecule has 4 rings (SSSR count). The van der Waals surface area contributed by atoms with Crippen molar-refractivity contribution in [2.75, 3.05) is 6.54 Å². The minimum Gasteiger partial charge on any atom is -0.354 e. The largest absolute Gasteiger partial charge is 0.354 e. The standard InChI is InChI=1S/C21H24N2O/c24-21(22-14-16-8-2-1-3-9-16)15-23-19-12-6-4-10-17(19)18-11-5-7-13-20(18)23/h4-7,10-13,16H,1-3,8-9,14-15H2,(H,22,24). The van der Waals surface area contributed by atoms with Crippen molar-refractivity contribution in [3.05, 3.63) is 48.5 Å². The lowest BCUT2D eigenvalue weighted by Gasteiger charge is -2.21. The average molecular weight is 320 g/mol. The average Bonchev–Trinajstić information content (AvgIpc) is 2.95. The molecular weight excluding hydrogens is 296 g/mol. The molecule has 1 amide bonds. The molecule has 0 spiro atoms. The molecule has 1 aliphatic rings. The van der Waals surface area contributed by atoms with Crippen molar-refractivity contribution in [2.24, 2.45) is 5.92 Å². The summed E-state index contributed by atoms with van der Waals surface area (Å²) in [5, 5.41) is 5.59. The number of hydrogen-bond donors (Lipinski definition) is 1. The lowest BCUT2D eigenvalue weighted by molar-refractivity contribution is -0.121. The van der Waals surface area contributed by atoms with Gasteiger partial charge in [-0.2, -0.15) is 0 Å². The van der Waals surface area contributed by atoms with E-state index in [-0.39, 0.29) is 5.91 Å². The number of amides is 1. The maximum absolute atomic E-state index is 12.5. The number of para-hydroxylation sites is 2. The van der Waals surface area contributed by atoms with Crippen molar-refractivity contribution in [3.8, 4) is 0 Å². The number of aromatic nitrogens is 1. The molecule has 1 saturated carbocycles. The van der Waals surface area contributed by atoms with Crippen LogP contribution in [0.5, 0.6) is 0 Å². The number of carbonyl (C=O) groups is 1. The van der Waals surface area contributed by atoms with E-state index in [2.05, 4.69) is 46.3 Å². The van der Waals surface area contributed by atoms with E-state index in [1.807, 2.05) is 12.1 Å². The zero-order valence-corrected chi connectivity index (χ0v) is 14.0. The Bertz CT molecular complexity index is 805. The van der Waals surface area contributed by atoms with Gasteiger partial charge in [0.1, 0.15) is 6.54 Å². The first-order chi connectivity index (χ1) is 11.8. The molecule has 1 aliphatic carbocycles. The molecule has 0 saturated heterocycles. The number of fused-ring (bicyclic) bond motifs is 3. The third-order valence-electron chi connectivity index (χ3n) is 5.29. The summed E-state index contributed by atoms with van der Waals surface area (Å²) in [6.45, 7) is 1.22. The highest BCUT2D eigenvalue weighted by Gasteiger charge is 2.16. The van der Waals surface area contributed by atoms with Crippen molar-refractivity contribution < 1.29 is 4.79 Å². The number of nitrogens with one attached hydrogen (secondary N) is 1. The molecule has 0 radical (unpaired) electrons. The number of hydrogen-bond acceptors (Lipinski definition) is 1. The van der Waals surface area contributed by atoms with E-state index in [9.17, 15) is 4.79 Å². The number of nitrogens with zero attached hydrogens (tertiary/aromatic N) is 1. The number of carbonyl (C=O) groups excluding carboxylic acids is 1. The minimum absolute atomic E-state index is 0.118. The van der Waals surface area contributed by atoms with Gasteiger partial charge in [-0.25, -0.2) is 0 Å². The summed E-state index contributed by atoms with van der Waals surface area (Å²) in [7, 11) is 0. The Kier molecular flexibility index (Phi) is 4.24. The predicted octanol–water partition coefficient (Wildman–Crippen LogP) is 4.49. The predicted molar refractivity (Wildman–Crippen MR) is 99.0 cm³/mol. The van der Waals surface area contributed by atoms with E-state index < -0.39 is 0 Å². The van der Waals surface area contributed by atoms with Crippen LogP contribution in [0.25, 0.3) is 21.8 Å². The van der Waals surface area contributed by atoms with Gasteiger partial charge >= 0.3 is 0 Å². The van der Waals surface area contributed by atoms with Crippen molar-refractivity contribution in [1.29, 1.82) is 0 Å². The minimum atomic E-state index is 0.118. The van der Waals surface area contributed by atoms with Gasteiger partial charge in [0.25, 0.3) is 0 Å². The van der Waals surface area contributed by atoms with Gasteiger partial charge < -0.3 is 9.88 Å². The Morgan fingerprint density at radius 2 is 1.50 bits per heavy atom. The molecule has 0 aliphatic heterocycles. The maximum atomic E-state index is 12.5. The molecule has 3 aromatic rings. The highest BCUT2D eigenvalue weighted by Crippen LogP contribution is 2.28. The normalized spacial score (nSPS) is 15.8. The van der Waals surface area contributed by atoms with Crippen LogP contribution in [0.15, 0.2) is 48.5 Å². The second-order valence-corrected chi connectivity index (χ2v) is 6.93. The first kappa shape index (κ1) is 15.3. The molecule has 2 aromatic carbocycles. The van der Waals surface area contributed by atoms with E-state index in [1.165, 1.54) is 42.9 Å². The SMILES string of the molecule is O=C(Cn1c2ccccc2c2ccccc21)NCC1CCCCC1. The Labute approximate surface area is 142 Å². The molecule has 1 heterocycles. The third-order valence-corrected chi connectivity index (χ3v) is 5.29. The van der Waals surface area contributed by atoms with Crippen molar-refractivity contribution in [3.63, 3.8) is 0 Å². The van der Waals surface area contributed by atoms with Gasteiger partial charge in [0.15, 0.2) is 0 Å². The third kappa shape index (κ3) is 2.91. The summed E-state index contributed by atoms with van der Waals surface area (Å²) >= 11 is 0. The summed E-state index contributed by atoms with van der Waals surface area (Å²) in [6.07, 6.45) is 6.50. The summed E-state index contributed by atoms with van der Waals surface area (Å²) in [5.41, 5.74) is 2.26. The summed E-state index contributed by atoms with van der Waals surface area (Å²) in [5.74, 6) is 0.785. The fraction of sp³-hybridized carbons (Fsp3) is 0.381. The van der Waals surface area contributed by atoms with Gasteiger partial charge in [0.2, 0.25) is 5.91 Å². The molecule has 1 fully saturated rings. The zero-order chi connectivity index (χ0) is 16.4. The lowest BCUT2D eigenvalue weighted by Crippen LogP contribution is -2.32. The van der Waals surface area contributed by atoms with E-state index in [1.54, 1.807) is 0 Å². The Morgan fingerprint density at radius 1 is 0.917 bits per heavy atom. The van der Waals surface area contributed by atoms with Crippen molar-refractivity contribution in [1.82, 2.24) is 9.88 Å². The molecule has 24 heavy (non-hydrogen) atoms. The fourth-order valence-electron chi connectivity index (χ4n) is 4.02. The van der Waals surface area contributed by atoms with E-state index in [0.29, 0.717) is 12.5 Å². The van der Waals surface area contributed by atoms with Crippen LogP contribution in [0.3, 0.4) is 0 Å². The van der Waals surface area contributed by atoms with Crippen molar-refractivity contribution in [2.45, 2.75) is 38.6 Å². The van der Waals surface area contributed by atoms with Gasteiger partial charge in [-0.3, -0.25) is 4.79 Å². The monoisotopic (exact) mass is 320 g/mol. The second-order valence-electron chi connectivity index (χ2n) is 6.93. The van der Waals surface area contributed by atoms with Gasteiger partial charge in [-0.15, -0.1) is 0 Å². The summed E-state index contributed by atoms with van der Waals surface area (Å²) in [4.78, 5) is 12.5. The van der Waals surface area contributed by atoms with Gasteiger partial charge in [-0.1, -0.05) is 55.7 Å².